The van der Waals surface area contributed by atoms with Crippen LogP contribution in [0.4, 0.5) is 0 Å². The third-order valence-electron chi connectivity index (χ3n) is 2.73. The number of benzene rings is 1. The molecule has 0 saturated carbocycles. The summed E-state index contributed by atoms with van der Waals surface area (Å²) in [5.41, 5.74) is 1.03. The molecule has 0 bridgehead atoms. The zero-order valence-electron chi connectivity index (χ0n) is 11.8. The third-order valence-corrected chi connectivity index (χ3v) is 5.17. The molecule has 0 aliphatic carbocycles. The maximum atomic E-state index is 12.2. The van der Waals surface area contributed by atoms with Crippen LogP contribution >= 0.6 is 15.9 Å². The van der Waals surface area contributed by atoms with E-state index in [-0.39, 0.29) is 4.90 Å². The van der Waals surface area contributed by atoms with Crippen molar-refractivity contribution in [3.8, 4) is 0 Å². The van der Waals surface area contributed by atoms with Gasteiger partial charge in [0.1, 0.15) is 0 Å². The fraction of sp³-hybridized carbons (Fsp3) is 0.538. The van der Waals surface area contributed by atoms with Crippen molar-refractivity contribution in [2.24, 2.45) is 0 Å². The molecule has 0 amide bonds. The zero-order valence-corrected chi connectivity index (χ0v) is 14.2. The van der Waals surface area contributed by atoms with Gasteiger partial charge in [0.15, 0.2) is 0 Å². The van der Waals surface area contributed by atoms with Crippen LogP contribution in [-0.2, 0) is 21.3 Å². The second-order valence-electron chi connectivity index (χ2n) is 4.39. The van der Waals surface area contributed by atoms with Crippen LogP contribution in [-0.4, -0.2) is 35.7 Å². The summed E-state index contributed by atoms with van der Waals surface area (Å²) in [6, 6.07) is 5.24. The number of methoxy groups -OCH3 is 1. The SMILES string of the molecule is CNCc1ccc(S(=O)(=O)NCCCCOC)c(Br)c1. The zero-order chi connectivity index (χ0) is 15.0. The Balaban J connectivity index is 2.67. The molecule has 5 nitrogen and oxygen atoms in total. The Kier molecular flexibility index (Phi) is 7.68. The fourth-order valence-electron chi connectivity index (χ4n) is 1.73. The Morgan fingerprint density at radius 1 is 1.30 bits per heavy atom. The van der Waals surface area contributed by atoms with Crippen molar-refractivity contribution >= 4 is 26.0 Å². The molecule has 0 aliphatic heterocycles. The lowest BCUT2D eigenvalue weighted by Gasteiger charge is -2.10. The van der Waals surface area contributed by atoms with E-state index in [2.05, 4.69) is 26.0 Å². The van der Waals surface area contributed by atoms with E-state index in [1.807, 2.05) is 13.1 Å². The molecule has 0 fully saturated rings. The number of nitrogens with one attached hydrogen (secondary N) is 2. The van der Waals surface area contributed by atoms with Gasteiger partial charge in [0, 0.05) is 31.3 Å². The number of halogens is 1. The minimum atomic E-state index is -3.47. The molecule has 2 N–H and O–H groups in total. The monoisotopic (exact) mass is 364 g/mol. The van der Waals surface area contributed by atoms with Gasteiger partial charge in [-0.15, -0.1) is 0 Å². The van der Waals surface area contributed by atoms with E-state index < -0.39 is 10.0 Å². The van der Waals surface area contributed by atoms with E-state index >= 15 is 0 Å². The second kappa shape index (κ2) is 8.74. The van der Waals surface area contributed by atoms with Crippen molar-refractivity contribution in [2.75, 3.05) is 27.3 Å². The van der Waals surface area contributed by atoms with Gasteiger partial charge in [-0.3, -0.25) is 0 Å². The molecule has 7 heteroatoms. The van der Waals surface area contributed by atoms with Crippen LogP contribution in [0, 0.1) is 0 Å². The van der Waals surface area contributed by atoms with Gasteiger partial charge in [-0.05, 0) is 53.5 Å². The summed E-state index contributed by atoms with van der Waals surface area (Å²) in [5.74, 6) is 0. The van der Waals surface area contributed by atoms with E-state index in [9.17, 15) is 8.42 Å². The van der Waals surface area contributed by atoms with Crippen molar-refractivity contribution in [2.45, 2.75) is 24.3 Å². The van der Waals surface area contributed by atoms with E-state index in [0.29, 0.717) is 24.2 Å². The van der Waals surface area contributed by atoms with E-state index in [0.717, 1.165) is 18.4 Å². The van der Waals surface area contributed by atoms with E-state index in [4.69, 9.17) is 4.74 Å². The molecule has 0 spiro atoms. The number of rotatable bonds is 9. The predicted molar refractivity (Wildman–Crippen MR) is 83.2 cm³/mol. The highest BCUT2D eigenvalue weighted by atomic mass is 79.9. The lowest BCUT2D eigenvalue weighted by atomic mass is 10.2. The smallest absolute Gasteiger partial charge is 0.241 e. The highest BCUT2D eigenvalue weighted by Crippen LogP contribution is 2.23. The van der Waals surface area contributed by atoms with Gasteiger partial charge in [0.25, 0.3) is 0 Å². The normalized spacial score (nSPS) is 11.8. The standard InChI is InChI=1S/C13H21BrN2O3S/c1-15-10-11-5-6-13(12(14)9-11)20(17,18)16-7-3-4-8-19-2/h5-6,9,15-16H,3-4,7-8,10H2,1-2H3. The molecular weight excluding hydrogens is 344 g/mol. The van der Waals surface area contributed by atoms with Crippen LogP contribution in [0.3, 0.4) is 0 Å². The summed E-state index contributed by atoms with van der Waals surface area (Å²) in [6.07, 6.45) is 1.59. The predicted octanol–water partition coefficient (Wildman–Crippen LogP) is 1.87. The number of hydrogen-bond acceptors (Lipinski definition) is 4. The lowest BCUT2D eigenvalue weighted by Crippen LogP contribution is -2.25. The molecule has 1 aromatic carbocycles. The summed E-state index contributed by atoms with van der Waals surface area (Å²) >= 11 is 3.32. The molecule has 0 saturated heterocycles. The molecule has 20 heavy (non-hydrogen) atoms. The Hall–Kier alpha value is -0.470. The first-order chi connectivity index (χ1) is 9.51. The van der Waals surface area contributed by atoms with E-state index in [1.54, 1.807) is 19.2 Å². The number of ether oxygens (including phenoxy) is 1. The highest BCUT2D eigenvalue weighted by Gasteiger charge is 2.17. The van der Waals surface area contributed by atoms with Crippen molar-refractivity contribution in [1.29, 1.82) is 0 Å². The fourth-order valence-corrected chi connectivity index (χ4v) is 3.93. The minimum Gasteiger partial charge on any atom is -0.385 e. The molecule has 114 valence electrons. The first kappa shape index (κ1) is 17.6. The number of unbranched alkanes of at least 4 members (excludes halogenated alkanes) is 1. The number of hydrogen-bond donors (Lipinski definition) is 2. The molecule has 1 rings (SSSR count). The van der Waals surface area contributed by atoms with Gasteiger partial charge >= 0.3 is 0 Å². The van der Waals surface area contributed by atoms with Crippen LogP contribution in [0.1, 0.15) is 18.4 Å². The van der Waals surface area contributed by atoms with Gasteiger partial charge in [-0.2, -0.15) is 0 Å². The maximum Gasteiger partial charge on any atom is 0.241 e. The van der Waals surface area contributed by atoms with Crippen LogP contribution in [0.15, 0.2) is 27.6 Å². The molecule has 1 aromatic rings. The van der Waals surface area contributed by atoms with Gasteiger partial charge in [-0.1, -0.05) is 6.07 Å². The summed E-state index contributed by atoms with van der Waals surface area (Å²) in [4.78, 5) is 0.268. The topological polar surface area (TPSA) is 67.4 Å². The largest absolute Gasteiger partial charge is 0.385 e. The van der Waals surface area contributed by atoms with Crippen LogP contribution in [0.5, 0.6) is 0 Å². The lowest BCUT2D eigenvalue weighted by molar-refractivity contribution is 0.193. The Morgan fingerprint density at radius 3 is 2.65 bits per heavy atom. The molecule has 0 atom stereocenters. The average Bonchev–Trinajstić information content (AvgIpc) is 2.38. The quantitative estimate of drug-likeness (QED) is 0.656. The van der Waals surface area contributed by atoms with Gasteiger partial charge in [0.05, 0.1) is 4.90 Å². The van der Waals surface area contributed by atoms with Crippen LogP contribution < -0.4 is 10.0 Å². The Bertz CT molecular complexity index is 520. The van der Waals surface area contributed by atoms with Crippen molar-refractivity contribution in [3.63, 3.8) is 0 Å². The van der Waals surface area contributed by atoms with Crippen LogP contribution in [0.25, 0.3) is 0 Å². The molecule has 0 heterocycles. The first-order valence-corrected chi connectivity index (χ1v) is 8.70. The molecule has 0 unspecified atom stereocenters. The average molecular weight is 365 g/mol. The van der Waals surface area contributed by atoms with E-state index in [1.165, 1.54) is 0 Å². The molecular formula is C13H21BrN2O3S. The first-order valence-electron chi connectivity index (χ1n) is 6.43. The van der Waals surface area contributed by atoms with Gasteiger partial charge in [-0.25, -0.2) is 13.1 Å². The third kappa shape index (κ3) is 5.49. The van der Waals surface area contributed by atoms with Gasteiger partial charge in [0.2, 0.25) is 10.0 Å². The molecule has 0 aromatic heterocycles. The van der Waals surface area contributed by atoms with Crippen molar-refractivity contribution in [3.05, 3.63) is 28.2 Å². The van der Waals surface area contributed by atoms with Crippen molar-refractivity contribution in [1.82, 2.24) is 10.0 Å². The Labute approximate surface area is 129 Å². The number of sulfonamides is 1. The molecule has 0 radical (unpaired) electrons. The summed E-state index contributed by atoms with van der Waals surface area (Å²) in [7, 11) is 0.0123. The van der Waals surface area contributed by atoms with Gasteiger partial charge < -0.3 is 10.1 Å². The summed E-state index contributed by atoms with van der Waals surface area (Å²) < 4.78 is 32.4. The van der Waals surface area contributed by atoms with Crippen LogP contribution in [0.2, 0.25) is 0 Å². The highest BCUT2D eigenvalue weighted by molar-refractivity contribution is 9.10. The molecule has 0 aliphatic rings. The Morgan fingerprint density at radius 2 is 2.05 bits per heavy atom. The summed E-state index contributed by atoms with van der Waals surface area (Å²) in [5, 5.41) is 3.03. The van der Waals surface area contributed by atoms with Crippen molar-refractivity contribution < 1.29 is 13.2 Å². The second-order valence-corrected chi connectivity index (χ2v) is 6.98. The maximum absolute atomic E-state index is 12.2. The minimum absolute atomic E-state index is 0.268. The summed E-state index contributed by atoms with van der Waals surface area (Å²) in [6.45, 7) is 1.75.